The Morgan fingerprint density at radius 1 is 1.88 bits per heavy atom. The molecule has 0 aromatic carbocycles. The third kappa shape index (κ3) is 2.12. The molecule has 0 fully saturated rings. The molecular weight excluding hydrogens is 104 g/mol. The standard InChI is InChI=1S/C5H6N2O/c1-2-5(3-6)7-4-8/h5H,2H2,1H3. The summed E-state index contributed by atoms with van der Waals surface area (Å²) in [5.41, 5.74) is 0. The molecule has 0 bridgehead atoms. The fraction of sp³-hybridized carbons (Fsp3) is 0.600. The molecule has 1 unspecified atom stereocenters. The maximum absolute atomic E-state index is 9.49. The van der Waals surface area contributed by atoms with Crippen molar-refractivity contribution < 1.29 is 4.79 Å². The van der Waals surface area contributed by atoms with Gasteiger partial charge in [-0.1, -0.05) is 6.92 Å². The van der Waals surface area contributed by atoms with E-state index in [2.05, 4.69) is 4.99 Å². The van der Waals surface area contributed by atoms with Crippen LogP contribution in [0.4, 0.5) is 0 Å². The van der Waals surface area contributed by atoms with Crippen LogP contribution in [0, 0.1) is 11.3 Å². The van der Waals surface area contributed by atoms with Crippen LogP contribution in [0.3, 0.4) is 0 Å². The second kappa shape index (κ2) is 4.04. The van der Waals surface area contributed by atoms with Crippen molar-refractivity contribution in [3.8, 4) is 6.07 Å². The fourth-order valence-corrected chi connectivity index (χ4v) is 0.275. The van der Waals surface area contributed by atoms with Crippen LogP contribution in [0.1, 0.15) is 13.3 Å². The van der Waals surface area contributed by atoms with Crippen molar-refractivity contribution in [3.63, 3.8) is 0 Å². The van der Waals surface area contributed by atoms with E-state index >= 15 is 0 Å². The minimum absolute atomic E-state index is 0.493. The first-order valence-corrected chi connectivity index (χ1v) is 2.31. The van der Waals surface area contributed by atoms with Crippen molar-refractivity contribution in [2.75, 3.05) is 0 Å². The number of hydrogen-bond acceptors (Lipinski definition) is 3. The van der Waals surface area contributed by atoms with Crippen LogP contribution in [0.15, 0.2) is 4.99 Å². The van der Waals surface area contributed by atoms with Crippen LogP contribution in [-0.4, -0.2) is 12.1 Å². The van der Waals surface area contributed by atoms with E-state index in [1.165, 1.54) is 6.08 Å². The highest BCUT2D eigenvalue weighted by molar-refractivity contribution is 5.34. The predicted octanol–water partition coefficient (Wildman–Crippen LogP) is 0.624. The van der Waals surface area contributed by atoms with E-state index in [-0.39, 0.29) is 0 Å². The molecule has 0 saturated carbocycles. The molecule has 0 rings (SSSR count). The molecule has 0 aromatic rings. The first-order valence-electron chi connectivity index (χ1n) is 2.31. The summed E-state index contributed by atoms with van der Waals surface area (Å²) in [6.45, 7) is 1.79. The van der Waals surface area contributed by atoms with Gasteiger partial charge >= 0.3 is 0 Å². The maximum Gasteiger partial charge on any atom is 0.236 e. The van der Waals surface area contributed by atoms with Gasteiger partial charge in [-0.15, -0.1) is 0 Å². The van der Waals surface area contributed by atoms with Gasteiger partial charge in [-0.25, -0.2) is 4.79 Å². The number of isocyanates is 1. The zero-order chi connectivity index (χ0) is 6.41. The Labute approximate surface area is 47.6 Å². The van der Waals surface area contributed by atoms with Crippen molar-refractivity contribution in [3.05, 3.63) is 0 Å². The average molecular weight is 110 g/mol. The van der Waals surface area contributed by atoms with Crippen molar-refractivity contribution >= 4 is 6.08 Å². The van der Waals surface area contributed by atoms with Crippen molar-refractivity contribution in [2.24, 2.45) is 4.99 Å². The highest BCUT2D eigenvalue weighted by Crippen LogP contribution is 1.90. The fourth-order valence-electron chi connectivity index (χ4n) is 0.275. The van der Waals surface area contributed by atoms with Crippen LogP contribution in [-0.2, 0) is 4.79 Å². The SMILES string of the molecule is CCC(C#N)N=C=O. The lowest BCUT2D eigenvalue weighted by Crippen LogP contribution is -1.95. The third-order valence-corrected chi connectivity index (χ3v) is 0.744. The molecule has 0 heterocycles. The van der Waals surface area contributed by atoms with Crippen LogP contribution >= 0.6 is 0 Å². The van der Waals surface area contributed by atoms with Crippen molar-refractivity contribution in [1.29, 1.82) is 5.26 Å². The van der Waals surface area contributed by atoms with Crippen molar-refractivity contribution in [2.45, 2.75) is 19.4 Å². The van der Waals surface area contributed by atoms with Gasteiger partial charge < -0.3 is 0 Å². The summed E-state index contributed by atoms with van der Waals surface area (Å²) in [7, 11) is 0. The smallest absolute Gasteiger partial charge is 0.211 e. The third-order valence-electron chi connectivity index (χ3n) is 0.744. The quantitative estimate of drug-likeness (QED) is 0.386. The lowest BCUT2D eigenvalue weighted by molar-refractivity contribution is 0.560. The summed E-state index contributed by atoms with van der Waals surface area (Å²) in [4.78, 5) is 12.7. The summed E-state index contributed by atoms with van der Waals surface area (Å²) in [5, 5.41) is 8.13. The first-order chi connectivity index (χ1) is 3.85. The van der Waals surface area contributed by atoms with E-state index in [1.807, 2.05) is 6.07 Å². The molecular formula is C5H6N2O. The molecule has 0 spiro atoms. The minimum atomic E-state index is -0.493. The second-order valence-electron chi connectivity index (χ2n) is 1.27. The molecule has 0 saturated heterocycles. The Morgan fingerprint density at radius 2 is 2.50 bits per heavy atom. The normalized spacial score (nSPS) is 11.0. The van der Waals surface area contributed by atoms with Gasteiger partial charge in [-0.2, -0.15) is 10.3 Å². The van der Waals surface area contributed by atoms with Crippen LogP contribution < -0.4 is 0 Å². The molecule has 0 aliphatic heterocycles. The van der Waals surface area contributed by atoms with Gasteiger partial charge in [-0.3, -0.25) is 0 Å². The highest BCUT2D eigenvalue weighted by atomic mass is 16.1. The summed E-state index contributed by atoms with van der Waals surface area (Å²) >= 11 is 0. The monoisotopic (exact) mass is 110 g/mol. The molecule has 3 heteroatoms. The number of rotatable bonds is 2. The topological polar surface area (TPSA) is 53.2 Å². The number of hydrogen-bond donors (Lipinski definition) is 0. The maximum atomic E-state index is 9.49. The first kappa shape index (κ1) is 6.87. The van der Waals surface area contributed by atoms with Crippen molar-refractivity contribution in [1.82, 2.24) is 0 Å². The Balaban J connectivity index is 3.75. The highest BCUT2D eigenvalue weighted by Gasteiger charge is 1.96. The Bertz CT molecular complexity index is 141. The van der Waals surface area contributed by atoms with E-state index < -0.39 is 6.04 Å². The van der Waals surface area contributed by atoms with Crippen LogP contribution in [0.5, 0.6) is 0 Å². The van der Waals surface area contributed by atoms with E-state index in [4.69, 9.17) is 5.26 Å². The summed E-state index contributed by atoms with van der Waals surface area (Å²) in [6.07, 6.45) is 1.90. The van der Waals surface area contributed by atoms with Crippen LogP contribution in [0.25, 0.3) is 0 Å². The van der Waals surface area contributed by atoms with Gasteiger partial charge in [0.15, 0.2) is 0 Å². The van der Waals surface area contributed by atoms with Gasteiger partial charge in [0.25, 0.3) is 0 Å². The zero-order valence-corrected chi connectivity index (χ0v) is 4.59. The Morgan fingerprint density at radius 3 is 2.62 bits per heavy atom. The molecule has 0 N–H and O–H groups in total. The van der Waals surface area contributed by atoms with E-state index in [9.17, 15) is 4.79 Å². The van der Waals surface area contributed by atoms with Gasteiger partial charge in [-0.05, 0) is 6.42 Å². The minimum Gasteiger partial charge on any atom is -0.211 e. The molecule has 0 amide bonds. The zero-order valence-electron chi connectivity index (χ0n) is 4.59. The summed E-state index contributed by atoms with van der Waals surface area (Å²) in [6, 6.07) is 1.33. The number of nitrogens with zero attached hydrogens (tertiary/aromatic N) is 2. The number of nitriles is 1. The van der Waals surface area contributed by atoms with E-state index in [1.54, 1.807) is 6.92 Å². The van der Waals surface area contributed by atoms with Gasteiger partial charge in [0.05, 0.1) is 6.07 Å². The van der Waals surface area contributed by atoms with Gasteiger partial charge in [0.2, 0.25) is 6.08 Å². The average Bonchev–Trinajstić information content (AvgIpc) is 1.83. The Kier molecular flexibility index (Phi) is 3.47. The molecule has 0 aromatic heterocycles. The lowest BCUT2D eigenvalue weighted by atomic mass is 10.3. The van der Waals surface area contributed by atoms with Gasteiger partial charge in [0, 0.05) is 0 Å². The van der Waals surface area contributed by atoms with E-state index in [0.717, 1.165) is 0 Å². The second-order valence-corrected chi connectivity index (χ2v) is 1.27. The largest absolute Gasteiger partial charge is 0.236 e. The van der Waals surface area contributed by atoms with Crippen LogP contribution in [0.2, 0.25) is 0 Å². The molecule has 0 aliphatic carbocycles. The molecule has 3 nitrogen and oxygen atoms in total. The summed E-state index contributed by atoms with van der Waals surface area (Å²) < 4.78 is 0. The molecule has 0 radical (unpaired) electrons. The number of aliphatic imine (C=N–C) groups is 1. The molecule has 8 heavy (non-hydrogen) atoms. The molecule has 42 valence electrons. The molecule has 1 atom stereocenters. The molecule has 0 aliphatic rings. The van der Waals surface area contributed by atoms with E-state index in [0.29, 0.717) is 6.42 Å². The predicted molar refractivity (Wildman–Crippen MR) is 27.8 cm³/mol. The number of carbonyl (C=O) groups excluding carboxylic acids is 1. The van der Waals surface area contributed by atoms with Gasteiger partial charge in [0.1, 0.15) is 6.04 Å². The summed E-state index contributed by atoms with van der Waals surface area (Å²) in [5.74, 6) is 0. The lowest BCUT2D eigenvalue weighted by Gasteiger charge is -1.88. The Hall–Kier alpha value is -1.13.